The number of allylic oxidation sites excluding steroid dienone is 1. The molecule has 1 amide bonds. The number of carbonyl (C=O) groups excluding carboxylic acids is 1. The molecule has 0 atom stereocenters. The molecule has 0 saturated carbocycles. The topological polar surface area (TPSA) is 29.1 Å². The zero-order chi connectivity index (χ0) is 12.0. The van der Waals surface area contributed by atoms with Gasteiger partial charge in [0.15, 0.2) is 0 Å². The minimum atomic E-state index is -0.197. The minimum absolute atomic E-state index is 0.197. The quantitative estimate of drug-likeness (QED) is 0.665. The van der Waals surface area contributed by atoms with Crippen molar-refractivity contribution in [2.75, 3.05) is 12.4 Å². The van der Waals surface area contributed by atoms with Gasteiger partial charge in [-0.05, 0) is 18.2 Å². The van der Waals surface area contributed by atoms with E-state index in [1.807, 2.05) is 0 Å². The van der Waals surface area contributed by atoms with Crippen molar-refractivity contribution in [2.24, 2.45) is 0 Å². The highest BCUT2D eigenvalue weighted by atomic mass is 79.9. The fourth-order valence-electron chi connectivity index (χ4n) is 1.07. The summed E-state index contributed by atoms with van der Waals surface area (Å²) >= 11 is 14.7. The maximum Gasteiger partial charge on any atom is 0.253 e. The second-order valence-corrected chi connectivity index (χ2v) is 4.59. The second-order valence-electron chi connectivity index (χ2n) is 2.96. The van der Waals surface area contributed by atoms with Crippen LogP contribution in [0.25, 0.3) is 0 Å². The largest absolute Gasteiger partial charge is 0.349 e. The van der Waals surface area contributed by atoms with Crippen LogP contribution in [0.1, 0.15) is 10.4 Å². The van der Waals surface area contributed by atoms with E-state index in [-0.39, 0.29) is 5.91 Å². The minimum Gasteiger partial charge on any atom is -0.349 e. The standard InChI is InChI=1S/C11H10BrCl2NO/c12-8-3-4-9(10(14)7-8)11(16)15-6-2-1-5-13/h1-4,7H,5-6H2,(H,15,16)/b2-1+. The lowest BCUT2D eigenvalue weighted by Crippen LogP contribution is -2.23. The Bertz CT molecular complexity index is 407. The van der Waals surface area contributed by atoms with E-state index in [9.17, 15) is 4.79 Å². The van der Waals surface area contributed by atoms with Gasteiger partial charge in [-0.25, -0.2) is 0 Å². The number of rotatable bonds is 4. The monoisotopic (exact) mass is 321 g/mol. The highest BCUT2D eigenvalue weighted by Gasteiger charge is 2.08. The van der Waals surface area contributed by atoms with Crippen molar-refractivity contribution < 1.29 is 4.79 Å². The highest BCUT2D eigenvalue weighted by molar-refractivity contribution is 9.10. The number of hydrogen-bond acceptors (Lipinski definition) is 1. The van der Waals surface area contributed by atoms with E-state index in [4.69, 9.17) is 23.2 Å². The van der Waals surface area contributed by atoms with Crippen LogP contribution in [0.3, 0.4) is 0 Å². The Balaban J connectivity index is 2.63. The number of amides is 1. The van der Waals surface area contributed by atoms with E-state index in [1.54, 1.807) is 30.4 Å². The van der Waals surface area contributed by atoms with Gasteiger partial charge in [0.25, 0.3) is 5.91 Å². The van der Waals surface area contributed by atoms with Crippen LogP contribution in [0.4, 0.5) is 0 Å². The van der Waals surface area contributed by atoms with Crippen LogP contribution in [0, 0.1) is 0 Å². The van der Waals surface area contributed by atoms with Crippen LogP contribution in [0.15, 0.2) is 34.8 Å². The van der Waals surface area contributed by atoms with E-state index in [0.29, 0.717) is 23.0 Å². The Morgan fingerprint density at radius 3 is 2.81 bits per heavy atom. The maximum absolute atomic E-state index is 11.7. The SMILES string of the molecule is O=C(NC/C=C/CCl)c1ccc(Br)cc1Cl. The van der Waals surface area contributed by atoms with E-state index in [1.165, 1.54) is 0 Å². The molecule has 86 valence electrons. The van der Waals surface area contributed by atoms with Gasteiger partial charge in [-0.15, -0.1) is 11.6 Å². The molecule has 1 aromatic rings. The normalized spacial score (nSPS) is 10.7. The predicted octanol–water partition coefficient (Wildman–Crippen LogP) is 3.63. The van der Waals surface area contributed by atoms with Crippen LogP contribution in [0.5, 0.6) is 0 Å². The molecular formula is C11H10BrCl2NO. The Morgan fingerprint density at radius 1 is 1.44 bits per heavy atom. The summed E-state index contributed by atoms with van der Waals surface area (Å²) in [6, 6.07) is 5.13. The lowest BCUT2D eigenvalue weighted by Gasteiger charge is -2.04. The fourth-order valence-corrected chi connectivity index (χ4v) is 1.95. The van der Waals surface area contributed by atoms with Gasteiger partial charge < -0.3 is 5.32 Å². The molecule has 0 aliphatic carbocycles. The van der Waals surface area contributed by atoms with Crippen LogP contribution < -0.4 is 5.32 Å². The molecule has 16 heavy (non-hydrogen) atoms. The first-order chi connectivity index (χ1) is 7.65. The van der Waals surface area contributed by atoms with Gasteiger partial charge in [0, 0.05) is 16.9 Å². The Kier molecular flexibility index (Phi) is 5.88. The average molecular weight is 323 g/mol. The third-order valence-corrected chi connectivity index (χ3v) is 2.80. The van der Waals surface area contributed by atoms with Gasteiger partial charge in [-0.2, -0.15) is 0 Å². The van der Waals surface area contributed by atoms with E-state index in [2.05, 4.69) is 21.2 Å². The molecule has 0 unspecified atom stereocenters. The zero-order valence-corrected chi connectivity index (χ0v) is 11.4. The smallest absolute Gasteiger partial charge is 0.253 e. The Hall–Kier alpha value is -0.510. The van der Waals surface area contributed by atoms with Crippen LogP contribution in [0.2, 0.25) is 5.02 Å². The van der Waals surface area contributed by atoms with Crippen molar-refractivity contribution >= 4 is 45.0 Å². The molecule has 5 heteroatoms. The first-order valence-electron chi connectivity index (χ1n) is 4.59. The molecule has 0 heterocycles. The van der Waals surface area contributed by atoms with Crippen LogP contribution >= 0.6 is 39.1 Å². The van der Waals surface area contributed by atoms with E-state index in [0.717, 1.165) is 4.47 Å². The number of benzene rings is 1. The van der Waals surface area contributed by atoms with Crippen molar-refractivity contribution in [3.05, 3.63) is 45.4 Å². The first-order valence-corrected chi connectivity index (χ1v) is 6.30. The Labute approximate surface area is 113 Å². The number of carbonyl (C=O) groups is 1. The number of nitrogens with one attached hydrogen (secondary N) is 1. The van der Waals surface area contributed by atoms with Gasteiger partial charge in [0.05, 0.1) is 10.6 Å². The molecule has 2 nitrogen and oxygen atoms in total. The first kappa shape index (κ1) is 13.6. The predicted molar refractivity (Wildman–Crippen MR) is 71.3 cm³/mol. The fraction of sp³-hybridized carbons (Fsp3) is 0.182. The maximum atomic E-state index is 11.7. The highest BCUT2D eigenvalue weighted by Crippen LogP contribution is 2.21. The molecule has 0 radical (unpaired) electrons. The summed E-state index contributed by atoms with van der Waals surface area (Å²) in [5, 5.41) is 3.13. The van der Waals surface area contributed by atoms with E-state index < -0.39 is 0 Å². The zero-order valence-electron chi connectivity index (χ0n) is 8.34. The van der Waals surface area contributed by atoms with Crippen molar-refractivity contribution in [1.82, 2.24) is 5.32 Å². The molecule has 0 aliphatic rings. The summed E-state index contributed by atoms with van der Waals surface area (Å²) in [6.45, 7) is 0.442. The van der Waals surface area contributed by atoms with Crippen LogP contribution in [-0.4, -0.2) is 18.3 Å². The van der Waals surface area contributed by atoms with Crippen molar-refractivity contribution in [1.29, 1.82) is 0 Å². The van der Waals surface area contributed by atoms with Crippen molar-refractivity contribution in [2.45, 2.75) is 0 Å². The molecule has 1 N–H and O–H groups in total. The molecule has 0 aliphatic heterocycles. The molecular weight excluding hydrogens is 313 g/mol. The van der Waals surface area contributed by atoms with Crippen molar-refractivity contribution in [3.63, 3.8) is 0 Å². The van der Waals surface area contributed by atoms with Gasteiger partial charge in [-0.1, -0.05) is 39.7 Å². The third-order valence-electron chi connectivity index (χ3n) is 1.81. The van der Waals surface area contributed by atoms with E-state index >= 15 is 0 Å². The second kappa shape index (κ2) is 6.94. The number of halogens is 3. The third kappa shape index (κ3) is 4.16. The molecule has 0 bridgehead atoms. The molecule has 0 saturated heterocycles. The summed E-state index contributed by atoms with van der Waals surface area (Å²) in [6.07, 6.45) is 3.56. The lowest BCUT2D eigenvalue weighted by molar-refractivity contribution is 0.0958. The molecule has 0 aromatic heterocycles. The Morgan fingerprint density at radius 2 is 2.19 bits per heavy atom. The number of alkyl halides is 1. The average Bonchev–Trinajstić information content (AvgIpc) is 2.24. The lowest BCUT2D eigenvalue weighted by atomic mass is 10.2. The van der Waals surface area contributed by atoms with Crippen molar-refractivity contribution in [3.8, 4) is 0 Å². The van der Waals surface area contributed by atoms with Gasteiger partial charge in [-0.3, -0.25) is 4.79 Å². The molecule has 1 rings (SSSR count). The van der Waals surface area contributed by atoms with Gasteiger partial charge >= 0.3 is 0 Å². The summed E-state index contributed by atoms with van der Waals surface area (Å²) in [4.78, 5) is 11.7. The van der Waals surface area contributed by atoms with Gasteiger partial charge in [0.2, 0.25) is 0 Å². The summed E-state index contributed by atoms with van der Waals surface area (Å²) in [5.74, 6) is 0.242. The summed E-state index contributed by atoms with van der Waals surface area (Å²) in [7, 11) is 0. The summed E-state index contributed by atoms with van der Waals surface area (Å²) in [5.41, 5.74) is 0.462. The summed E-state index contributed by atoms with van der Waals surface area (Å²) < 4.78 is 0.844. The van der Waals surface area contributed by atoms with Gasteiger partial charge in [0.1, 0.15) is 0 Å². The molecule has 0 spiro atoms. The molecule has 0 fully saturated rings. The van der Waals surface area contributed by atoms with Crippen LogP contribution in [-0.2, 0) is 0 Å². The number of hydrogen-bond donors (Lipinski definition) is 1. The molecule has 1 aromatic carbocycles.